The molecule has 0 radical (unpaired) electrons. The Morgan fingerprint density at radius 3 is 2.60 bits per heavy atom. The van der Waals surface area contributed by atoms with Gasteiger partial charge in [-0.25, -0.2) is 0 Å². The first kappa shape index (κ1) is 9.08. The highest BCUT2D eigenvalue weighted by Gasteiger charge is 1.91. The number of nitrogens with one attached hydrogen (secondary N) is 1. The van der Waals surface area contributed by atoms with Gasteiger partial charge in [-0.1, -0.05) is 12.7 Å². The molecule has 0 aromatic rings. The summed E-state index contributed by atoms with van der Waals surface area (Å²) < 4.78 is 0. The molecule has 0 rings (SSSR count). The molecule has 0 aromatic heterocycles. The lowest BCUT2D eigenvalue weighted by molar-refractivity contribution is 0.827. The zero-order valence-electron chi connectivity index (χ0n) is 6.78. The van der Waals surface area contributed by atoms with E-state index in [4.69, 9.17) is 5.73 Å². The van der Waals surface area contributed by atoms with E-state index in [0.717, 1.165) is 24.2 Å². The molecular weight excluding hydrogens is 124 g/mol. The van der Waals surface area contributed by atoms with Gasteiger partial charge in [-0.15, -0.1) is 0 Å². The van der Waals surface area contributed by atoms with E-state index < -0.39 is 0 Å². The lowest BCUT2D eigenvalue weighted by Crippen LogP contribution is -2.06. The number of hydrogen-bond donors (Lipinski definition) is 2. The minimum Gasteiger partial charge on any atom is -0.402 e. The SMILES string of the molecule is C=C(CC/C(N)=C\C)NC. The number of rotatable bonds is 4. The number of hydrogen-bond acceptors (Lipinski definition) is 2. The lowest BCUT2D eigenvalue weighted by atomic mass is 10.2. The average molecular weight is 140 g/mol. The monoisotopic (exact) mass is 140 g/mol. The van der Waals surface area contributed by atoms with Crippen LogP contribution < -0.4 is 11.1 Å². The Hall–Kier alpha value is -0.920. The highest BCUT2D eigenvalue weighted by Crippen LogP contribution is 2.02. The van der Waals surface area contributed by atoms with Crippen LogP contribution in [-0.2, 0) is 0 Å². The van der Waals surface area contributed by atoms with Crippen molar-refractivity contribution in [1.82, 2.24) is 5.32 Å². The Bertz CT molecular complexity index is 136. The van der Waals surface area contributed by atoms with Gasteiger partial charge in [-0.05, 0) is 19.8 Å². The topological polar surface area (TPSA) is 38.0 Å². The van der Waals surface area contributed by atoms with Gasteiger partial charge in [-0.2, -0.15) is 0 Å². The molecule has 0 amide bonds. The number of nitrogens with two attached hydrogens (primary N) is 1. The first-order valence-corrected chi connectivity index (χ1v) is 3.47. The van der Waals surface area contributed by atoms with Gasteiger partial charge in [0.2, 0.25) is 0 Å². The normalized spacial score (nSPS) is 11.2. The third-order valence-corrected chi connectivity index (χ3v) is 1.44. The zero-order valence-corrected chi connectivity index (χ0v) is 6.78. The molecule has 3 N–H and O–H groups in total. The summed E-state index contributed by atoms with van der Waals surface area (Å²) in [6.07, 6.45) is 3.74. The molecule has 0 saturated heterocycles. The van der Waals surface area contributed by atoms with Gasteiger partial charge in [0.05, 0.1) is 0 Å². The highest BCUT2D eigenvalue weighted by molar-refractivity contribution is 4.99. The van der Waals surface area contributed by atoms with E-state index >= 15 is 0 Å². The smallest absolute Gasteiger partial charge is 0.00410 e. The Morgan fingerprint density at radius 1 is 1.60 bits per heavy atom. The second-order valence-corrected chi connectivity index (χ2v) is 2.22. The van der Waals surface area contributed by atoms with E-state index in [0.29, 0.717) is 0 Å². The standard InChI is InChI=1S/C8H16N2/c1-4-8(9)6-5-7(2)10-3/h4,10H,2,5-6,9H2,1,3H3/b8-4+. The van der Waals surface area contributed by atoms with Crippen LogP contribution in [0.25, 0.3) is 0 Å². The van der Waals surface area contributed by atoms with Crippen molar-refractivity contribution in [2.45, 2.75) is 19.8 Å². The van der Waals surface area contributed by atoms with E-state index in [2.05, 4.69) is 11.9 Å². The molecule has 0 unspecified atom stereocenters. The third kappa shape index (κ3) is 4.01. The van der Waals surface area contributed by atoms with Gasteiger partial charge in [0.15, 0.2) is 0 Å². The van der Waals surface area contributed by atoms with Gasteiger partial charge in [0.25, 0.3) is 0 Å². The van der Waals surface area contributed by atoms with E-state index in [1.165, 1.54) is 0 Å². The molecule has 10 heavy (non-hydrogen) atoms. The van der Waals surface area contributed by atoms with Crippen LogP contribution >= 0.6 is 0 Å². The predicted octanol–water partition coefficient (Wildman–Crippen LogP) is 1.36. The van der Waals surface area contributed by atoms with E-state index in [9.17, 15) is 0 Å². The van der Waals surface area contributed by atoms with Gasteiger partial charge in [-0.3, -0.25) is 0 Å². The summed E-state index contributed by atoms with van der Waals surface area (Å²) in [5.74, 6) is 0. The van der Waals surface area contributed by atoms with E-state index in [1.807, 2.05) is 20.0 Å². The lowest BCUT2D eigenvalue weighted by Gasteiger charge is -2.03. The highest BCUT2D eigenvalue weighted by atomic mass is 14.8. The minimum absolute atomic E-state index is 0.899. The van der Waals surface area contributed by atoms with Crippen LogP contribution in [0, 0.1) is 0 Å². The summed E-state index contributed by atoms with van der Waals surface area (Å²) in [4.78, 5) is 0. The largest absolute Gasteiger partial charge is 0.402 e. The second kappa shape index (κ2) is 4.91. The third-order valence-electron chi connectivity index (χ3n) is 1.44. The zero-order chi connectivity index (χ0) is 7.98. The maximum atomic E-state index is 5.57. The fourth-order valence-corrected chi connectivity index (χ4v) is 0.565. The molecule has 2 heteroatoms. The average Bonchev–Trinajstić information content (AvgIpc) is 1.99. The Morgan fingerprint density at radius 2 is 2.20 bits per heavy atom. The summed E-state index contributed by atoms with van der Waals surface area (Å²) in [6, 6.07) is 0. The Balaban J connectivity index is 3.45. The Labute approximate surface area is 62.8 Å². The minimum atomic E-state index is 0.899. The molecule has 0 saturated carbocycles. The summed E-state index contributed by atoms with van der Waals surface area (Å²) >= 11 is 0. The van der Waals surface area contributed by atoms with Crippen LogP contribution in [0.15, 0.2) is 24.0 Å². The fourth-order valence-electron chi connectivity index (χ4n) is 0.565. The van der Waals surface area contributed by atoms with Gasteiger partial charge in [0.1, 0.15) is 0 Å². The molecule has 0 aliphatic heterocycles. The van der Waals surface area contributed by atoms with Crippen LogP contribution in [0.2, 0.25) is 0 Å². The van der Waals surface area contributed by atoms with Crippen molar-refractivity contribution in [3.63, 3.8) is 0 Å². The predicted molar refractivity (Wildman–Crippen MR) is 45.4 cm³/mol. The van der Waals surface area contributed by atoms with Gasteiger partial charge >= 0.3 is 0 Å². The molecular formula is C8H16N2. The maximum Gasteiger partial charge on any atom is 0.00410 e. The molecule has 0 fully saturated rings. The first-order chi connectivity index (χ1) is 4.70. The van der Waals surface area contributed by atoms with Crippen LogP contribution in [0.3, 0.4) is 0 Å². The molecule has 0 aliphatic rings. The van der Waals surface area contributed by atoms with Crippen LogP contribution in [0.5, 0.6) is 0 Å². The van der Waals surface area contributed by atoms with Crippen molar-refractivity contribution in [3.8, 4) is 0 Å². The fraction of sp³-hybridized carbons (Fsp3) is 0.500. The van der Waals surface area contributed by atoms with E-state index in [1.54, 1.807) is 0 Å². The van der Waals surface area contributed by atoms with Crippen LogP contribution in [0.1, 0.15) is 19.8 Å². The van der Waals surface area contributed by atoms with Crippen LogP contribution in [0.4, 0.5) is 0 Å². The maximum absolute atomic E-state index is 5.57. The van der Waals surface area contributed by atoms with Crippen molar-refractivity contribution in [3.05, 3.63) is 24.0 Å². The van der Waals surface area contributed by atoms with Gasteiger partial charge < -0.3 is 11.1 Å². The van der Waals surface area contributed by atoms with Crippen molar-refractivity contribution in [2.75, 3.05) is 7.05 Å². The van der Waals surface area contributed by atoms with Gasteiger partial charge in [0, 0.05) is 18.4 Å². The van der Waals surface area contributed by atoms with Crippen molar-refractivity contribution in [1.29, 1.82) is 0 Å². The van der Waals surface area contributed by atoms with Crippen molar-refractivity contribution >= 4 is 0 Å². The van der Waals surface area contributed by atoms with Crippen LogP contribution in [-0.4, -0.2) is 7.05 Å². The molecule has 0 aliphatic carbocycles. The van der Waals surface area contributed by atoms with Crippen molar-refractivity contribution in [2.24, 2.45) is 5.73 Å². The molecule has 58 valence electrons. The second-order valence-electron chi connectivity index (χ2n) is 2.22. The van der Waals surface area contributed by atoms with Crippen molar-refractivity contribution < 1.29 is 0 Å². The molecule has 0 bridgehead atoms. The van der Waals surface area contributed by atoms with E-state index in [-0.39, 0.29) is 0 Å². The summed E-state index contributed by atoms with van der Waals surface area (Å²) in [7, 11) is 1.87. The molecule has 0 atom stereocenters. The Kier molecular flexibility index (Phi) is 4.46. The summed E-state index contributed by atoms with van der Waals surface area (Å²) in [6.45, 7) is 5.73. The first-order valence-electron chi connectivity index (χ1n) is 3.47. The summed E-state index contributed by atoms with van der Waals surface area (Å²) in [5, 5.41) is 2.97. The quantitative estimate of drug-likeness (QED) is 0.618. The number of allylic oxidation sites excluding steroid dienone is 3. The molecule has 0 aromatic carbocycles. The molecule has 2 nitrogen and oxygen atoms in total. The molecule has 0 heterocycles. The summed E-state index contributed by atoms with van der Waals surface area (Å²) in [5.41, 5.74) is 7.53. The molecule has 0 spiro atoms.